The van der Waals surface area contributed by atoms with Crippen LogP contribution in [0, 0.1) is 21.4 Å². The number of hydrogen-bond donors (Lipinski definition) is 0. The molecule has 2 aromatic rings. The van der Waals surface area contributed by atoms with Crippen molar-refractivity contribution < 1.29 is 4.92 Å². The number of nitriles is 1. The Morgan fingerprint density at radius 1 is 1.20 bits per heavy atom. The summed E-state index contributed by atoms with van der Waals surface area (Å²) < 4.78 is 0. The molecule has 0 aromatic heterocycles. The van der Waals surface area contributed by atoms with E-state index in [1.807, 2.05) is 24.3 Å². The predicted octanol–water partition coefficient (Wildman–Crippen LogP) is 3.80. The largest absolute Gasteiger partial charge is 0.287 e. The number of nitrogens with zero attached hydrogens (tertiary/aromatic N) is 2. The number of hydrogen-bond acceptors (Lipinski definition) is 4. The quantitative estimate of drug-likeness (QED) is 0.476. The van der Waals surface area contributed by atoms with Gasteiger partial charge in [-0.2, -0.15) is 5.26 Å². The average Bonchev–Trinajstić information content (AvgIpc) is 2.48. The van der Waals surface area contributed by atoms with E-state index in [0.29, 0.717) is 0 Å². The molecule has 0 atom stereocenters. The van der Waals surface area contributed by atoms with Crippen LogP contribution >= 0.6 is 11.8 Å². The van der Waals surface area contributed by atoms with Crippen LogP contribution in [0.15, 0.2) is 53.4 Å². The fourth-order valence-electron chi connectivity index (χ4n) is 1.79. The molecule has 0 amide bonds. The Morgan fingerprint density at radius 3 is 2.60 bits per heavy atom. The van der Waals surface area contributed by atoms with Crippen LogP contribution in [0.25, 0.3) is 0 Å². The maximum atomic E-state index is 10.7. The lowest BCUT2D eigenvalue weighted by Crippen LogP contribution is -1.93. The summed E-state index contributed by atoms with van der Waals surface area (Å²) in [6.07, 6.45) is 0.921. The van der Waals surface area contributed by atoms with E-state index in [1.165, 1.54) is 11.6 Å². The Balaban J connectivity index is 2.00. The number of nitro benzene ring substituents is 1. The molecule has 0 aliphatic rings. The van der Waals surface area contributed by atoms with E-state index in [9.17, 15) is 10.1 Å². The van der Waals surface area contributed by atoms with E-state index in [4.69, 9.17) is 5.26 Å². The highest BCUT2D eigenvalue weighted by atomic mass is 32.2. The zero-order valence-electron chi connectivity index (χ0n) is 10.7. The normalized spacial score (nSPS) is 9.95. The molecule has 0 fully saturated rings. The van der Waals surface area contributed by atoms with Crippen molar-refractivity contribution in [2.75, 3.05) is 5.75 Å². The van der Waals surface area contributed by atoms with Crippen LogP contribution in [0.1, 0.15) is 11.1 Å². The van der Waals surface area contributed by atoms with Crippen LogP contribution in [0.2, 0.25) is 0 Å². The molecule has 5 heteroatoms. The van der Waals surface area contributed by atoms with Crippen LogP contribution in [0.3, 0.4) is 0 Å². The standard InChI is InChI=1S/C15H12N2O2S/c16-11-13-10-14(6-7-15(13)17(18)19)20-9-8-12-4-2-1-3-5-12/h1-7,10H,8-9H2. The Hall–Kier alpha value is -2.32. The summed E-state index contributed by atoms with van der Waals surface area (Å²) in [5.41, 5.74) is 1.22. The maximum Gasteiger partial charge on any atom is 0.287 e. The van der Waals surface area contributed by atoms with Crippen LogP contribution in [-0.4, -0.2) is 10.7 Å². The van der Waals surface area contributed by atoms with Gasteiger partial charge < -0.3 is 0 Å². The van der Waals surface area contributed by atoms with Crippen molar-refractivity contribution in [3.8, 4) is 6.07 Å². The average molecular weight is 284 g/mol. The third kappa shape index (κ3) is 3.59. The first kappa shape index (κ1) is 14.1. The van der Waals surface area contributed by atoms with Crippen LogP contribution in [-0.2, 0) is 6.42 Å². The van der Waals surface area contributed by atoms with Gasteiger partial charge in [0, 0.05) is 16.7 Å². The van der Waals surface area contributed by atoms with Gasteiger partial charge in [0.2, 0.25) is 0 Å². The topological polar surface area (TPSA) is 66.9 Å². The van der Waals surface area contributed by atoms with E-state index < -0.39 is 4.92 Å². The van der Waals surface area contributed by atoms with E-state index >= 15 is 0 Å². The monoisotopic (exact) mass is 284 g/mol. The van der Waals surface area contributed by atoms with Gasteiger partial charge in [-0.3, -0.25) is 10.1 Å². The Bertz CT molecular complexity index is 651. The van der Waals surface area contributed by atoms with Crippen molar-refractivity contribution in [3.63, 3.8) is 0 Å². The van der Waals surface area contributed by atoms with Crippen molar-refractivity contribution in [1.82, 2.24) is 0 Å². The molecular formula is C15H12N2O2S. The lowest BCUT2D eigenvalue weighted by molar-refractivity contribution is -0.385. The molecule has 20 heavy (non-hydrogen) atoms. The number of rotatable bonds is 5. The summed E-state index contributed by atoms with van der Waals surface area (Å²) >= 11 is 1.59. The van der Waals surface area contributed by atoms with Gasteiger partial charge in [0.1, 0.15) is 11.6 Å². The van der Waals surface area contributed by atoms with Gasteiger partial charge in [0.05, 0.1) is 4.92 Å². The van der Waals surface area contributed by atoms with Gasteiger partial charge >= 0.3 is 0 Å². The molecule has 0 spiro atoms. The van der Waals surface area contributed by atoms with Crippen LogP contribution in [0.5, 0.6) is 0 Å². The lowest BCUT2D eigenvalue weighted by Gasteiger charge is -2.03. The molecule has 100 valence electrons. The molecule has 0 radical (unpaired) electrons. The lowest BCUT2D eigenvalue weighted by atomic mass is 10.2. The Kier molecular flexibility index (Phi) is 4.75. The Morgan fingerprint density at radius 2 is 1.95 bits per heavy atom. The minimum atomic E-state index is -0.531. The first-order valence-electron chi connectivity index (χ1n) is 6.06. The summed E-state index contributed by atoms with van der Waals surface area (Å²) in [7, 11) is 0. The van der Waals surface area contributed by atoms with E-state index in [1.54, 1.807) is 23.9 Å². The summed E-state index contributed by atoms with van der Waals surface area (Å²) in [4.78, 5) is 11.1. The van der Waals surface area contributed by atoms with Crippen molar-refractivity contribution >= 4 is 17.4 Å². The molecule has 0 aliphatic carbocycles. The fraction of sp³-hybridized carbons (Fsp3) is 0.133. The molecule has 0 saturated heterocycles. The van der Waals surface area contributed by atoms with Crippen molar-refractivity contribution in [2.24, 2.45) is 0 Å². The SMILES string of the molecule is N#Cc1cc(SCCc2ccccc2)ccc1[N+](=O)[O-]. The number of aryl methyl sites for hydroxylation is 1. The summed E-state index contributed by atoms with van der Waals surface area (Å²) in [6.45, 7) is 0. The molecule has 0 saturated carbocycles. The van der Waals surface area contributed by atoms with Crippen molar-refractivity contribution in [2.45, 2.75) is 11.3 Å². The second-order valence-corrected chi connectivity index (χ2v) is 5.30. The first-order valence-corrected chi connectivity index (χ1v) is 7.04. The number of nitro groups is 1. The molecule has 2 aromatic carbocycles. The van der Waals surface area contributed by atoms with Crippen molar-refractivity contribution in [1.29, 1.82) is 5.26 Å². The molecule has 0 aliphatic heterocycles. The van der Waals surface area contributed by atoms with Gasteiger partial charge in [-0.15, -0.1) is 11.8 Å². The van der Waals surface area contributed by atoms with Crippen LogP contribution < -0.4 is 0 Å². The van der Waals surface area contributed by atoms with Gasteiger partial charge in [-0.25, -0.2) is 0 Å². The van der Waals surface area contributed by atoms with E-state index in [0.717, 1.165) is 17.1 Å². The minimum absolute atomic E-state index is 0.111. The first-order chi connectivity index (χ1) is 9.70. The molecule has 2 rings (SSSR count). The molecule has 0 heterocycles. The maximum absolute atomic E-state index is 10.7. The molecule has 4 nitrogen and oxygen atoms in total. The molecule has 0 unspecified atom stereocenters. The highest BCUT2D eigenvalue weighted by Gasteiger charge is 2.13. The summed E-state index contributed by atoms with van der Waals surface area (Å²) in [6, 6.07) is 16.6. The van der Waals surface area contributed by atoms with E-state index in [-0.39, 0.29) is 11.3 Å². The molecule has 0 N–H and O–H groups in total. The number of benzene rings is 2. The smallest absolute Gasteiger partial charge is 0.258 e. The zero-order valence-corrected chi connectivity index (χ0v) is 11.5. The summed E-state index contributed by atoms with van der Waals surface area (Å²) in [5, 5.41) is 19.7. The van der Waals surface area contributed by atoms with Gasteiger partial charge in [0.25, 0.3) is 5.69 Å². The van der Waals surface area contributed by atoms with Gasteiger partial charge in [-0.1, -0.05) is 30.3 Å². The number of thioether (sulfide) groups is 1. The second-order valence-electron chi connectivity index (χ2n) is 4.13. The third-order valence-corrected chi connectivity index (χ3v) is 3.78. The van der Waals surface area contributed by atoms with Crippen LogP contribution in [0.4, 0.5) is 5.69 Å². The summed E-state index contributed by atoms with van der Waals surface area (Å²) in [5.74, 6) is 0.868. The molecular weight excluding hydrogens is 272 g/mol. The highest BCUT2D eigenvalue weighted by Crippen LogP contribution is 2.26. The van der Waals surface area contributed by atoms with Gasteiger partial charge in [0.15, 0.2) is 0 Å². The van der Waals surface area contributed by atoms with Crippen molar-refractivity contribution in [3.05, 3.63) is 69.8 Å². The van der Waals surface area contributed by atoms with Gasteiger partial charge in [-0.05, 0) is 24.1 Å². The zero-order chi connectivity index (χ0) is 14.4. The Labute approximate surface area is 121 Å². The third-order valence-electron chi connectivity index (χ3n) is 2.79. The molecule has 0 bridgehead atoms. The second kappa shape index (κ2) is 6.73. The predicted molar refractivity (Wildman–Crippen MR) is 78.7 cm³/mol. The minimum Gasteiger partial charge on any atom is -0.258 e. The fourth-order valence-corrected chi connectivity index (χ4v) is 2.72. The van der Waals surface area contributed by atoms with E-state index in [2.05, 4.69) is 12.1 Å². The highest BCUT2D eigenvalue weighted by molar-refractivity contribution is 7.99.